The van der Waals surface area contributed by atoms with E-state index in [0.29, 0.717) is 24.7 Å². The lowest BCUT2D eigenvalue weighted by atomic mass is 9.86. The zero-order valence-corrected chi connectivity index (χ0v) is 19.6. The highest BCUT2D eigenvalue weighted by Crippen LogP contribution is 2.35. The van der Waals surface area contributed by atoms with E-state index in [0.717, 1.165) is 42.5 Å². The number of hydrogen-bond acceptors (Lipinski definition) is 7. The number of β-amino-alcohol motifs (C(OH)–C–C–N with tert-alkyl or cyclic N) is 1. The first-order valence-corrected chi connectivity index (χ1v) is 13.1. The number of H-pyrrole nitrogens is 1. The first kappa shape index (κ1) is 22.2. The van der Waals surface area contributed by atoms with Crippen molar-refractivity contribution in [2.24, 2.45) is 5.92 Å². The minimum absolute atomic E-state index is 0.0742. The summed E-state index contributed by atoms with van der Waals surface area (Å²) >= 11 is 0. The third-order valence-corrected chi connectivity index (χ3v) is 9.22. The maximum absolute atomic E-state index is 13.1. The summed E-state index contributed by atoms with van der Waals surface area (Å²) in [5.41, 5.74) is 0.144. The molecular weight excluding hydrogens is 440 g/mol. The standard InChI is InChI=1S/C23H30N6O3S/c1-28(22-19-9-12-25-21(19)26-16-27-22)18-7-5-17(6-8-18)14-33(31,32)29-13-10-23(30,15-29)20-4-2-3-11-24-20/h2-4,9,11-12,16-18,30H,5-8,10,13-15H2,1H3,(H,25,26,27)/t17?,18?,23-/m1/s1. The molecule has 5 rings (SSSR count). The molecule has 0 radical (unpaired) electrons. The molecule has 0 unspecified atom stereocenters. The van der Waals surface area contributed by atoms with Gasteiger partial charge in [-0.25, -0.2) is 18.4 Å². The van der Waals surface area contributed by atoms with E-state index in [-0.39, 0.29) is 18.2 Å². The van der Waals surface area contributed by atoms with Crippen LogP contribution in [0.2, 0.25) is 0 Å². The maximum atomic E-state index is 13.1. The van der Waals surface area contributed by atoms with Crippen LogP contribution in [0, 0.1) is 5.92 Å². The molecule has 2 aliphatic rings. The zero-order valence-electron chi connectivity index (χ0n) is 18.8. The number of anilines is 1. The minimum atomic E-state index is -3.44. The molecule has 33 heavy (non-hydrogen) atoms. The van der Waals surface area contributed by atoms with Gasteiger partial charge in [-0.15, -0.1) is 0 Å². The predicted molar refractivity (Wildman–Crippen MR) is 126 cm³/mol. The molecule has 2 N–H and O–H groups in total. The van der Waals surface area contributed by atoms with Crippen molar-refractivity contribution < 1.29 is 13.5 Å². The van der Waals surface area contributed by atoms with Gasteiger partial charge in [0.15, 0.2) is 0 Å². The van der Waals surface area contributed by atoms with Gasteiger partial charge < -0.3 is 15.0 Å². The van der Waals surface area contributed by atoms with Crippen LogP contribution in [0.4, 0.5) is 5.82 Å². The van der Waals surface area contributed by atoms with Crippen LogP contribution in [0.1, 0.15) is 37.8 Å². The van der Waals surface area contributed by atoms with Crippen LogP contribution < -0.4 is 4.90 Å². The molecule has 1 saturated carbocycles. The van der Waals surface area contributed by atoms with Crippen molar-refractivity contribution in [2.75, 3.05) is 30.8 Å². The van der Waals surface area contributed by atoms with E-state index in [1.54, 1.807) is 24.7 Å². The summed E-state index contributed by atoms with van der Waals surface area (Å²) in [7, 11) is -1.39. The average molecular weight is 471 g/mol. The van der Waals surface area contributed by atoms with Crippen LogP contribution in [-0.2, 0) is 15.6 Å². The number of hydrogen-bond donors (Lipinski definition) is 2. The molecule has 1 aliphatic heterocycles. The van der Waals surface area contributed by atoms with Crippen molar-refractivity contribution in [1.29, 1.82) is 0 Å². The Hall–Kier alpha value is -2.56. The first-order valence-electron chi connectivity index (χ1n) is 11.5. The van der Waals surface area contributed by atoms with Crippen molar-refractivity contribution >= 4 is 26.9 Å². The fraction of sp³-hybridized carbons (Fsp3) is 0.522. The Balaban J connectivity index is 1.19. The van der Waals surface area contributed by atoms with Gasteiger partial charge in [-0.2, -0.15) is 4.31 Å². The van der Waals surface area contributed by atoms with Crippen LogP contribution in [0.25, 0.3) is 11.0 Å². The van der Waals surface area contributed by atoms with Crippen LogP contribution >= 0.6 is 0 Å². The Morgan fingerprint density at radius 2 is 2.00 bits per heavy atom. The molecule has 1 aliphatic carbocycles. The molecule has 0 amide bonds. The van der Waals surface area contributed by atoms with Crippen molar-refractivity contribution in [2.45, 2.75) is 43.7 Å². The number of fused-ring (bicyclic) bond motifs is 1. The Labute approximate surface area is 193 Å². The second-order valence-corrected chi connectivity index (χ2v) is 11.3. The van der Waals surface area contributed by atoms with Crippen LogP contribution in [-0.4, -0.2) is 69.7 Å². The highest BCUT2D eigenvalue weighted by molar-refractivity contribution is 7.89. The molecule has 9 nitrogen and oxygen atoms in total. The highest BCUT2D eigenvalue weighted by Gasteiger charge is 2.44. The van der Waals surface area contributed by atoms with Gasteiger partial charge in [0.25, 0.3) is 0 Å². The van der Waals surface area contributed by atoms with Gasteiger partial charge in [0, 0.05) is 38.6 Å². The number of nitrogens with one attached hydrogen (secondary N) is 1. The van der Waals surface area contributed by atoms with Gasteiger partial charge in [-0.1, -0.05) is 6.07 Å². The van der Waals surface area contributed by atoms with E-state index in [2.05, 4.69) is 31.9 Å². The highest BCUT2D eigenvalue weighted by atomic mass is 32.2. The molecule has 176 valence electrons. The third kappa shape index (κ3) is 4.34. The van der Waals surface area contributed by atoms with E-state index >= 15 is 0 Å². The summed E-state index contributed by atoms with van der Waals surface area (Å²) in [6, 6.07) is 7.66. The summed E-state index contributed by atoms with van der Waals surface area (Å²) in [6.07, 6.45) is 8.99. The lowest BCUT2D eigenvalue weighted by Gasteiger charge is -2.35. The van der Waals surface area contributed by atoms with Gasteiger partial charge in [0.05, 0.1) is 16.8 Å². The largest absolute Gasteiger partial charge is 0.382 e. The molecule has 4 heterocycles. The number of nitrogens with zero attached hydrogens (tertiary/aromatic N) is 5. The topological polar surface area (TPSA) is 115 Å². The van der Waals surface area contributed by atoms with Gasteiger partial charge >= 0.3 is 0 Å². The lowest BCUT2D eigenvalue weighted by Crippen LogP contribution is -2.40. The SMILES string of the molecule is CN(c1ncnc2[nH]ccc12)C1CCC(CS(=O)(=O)N2CC[C@](O)(c3ccccn3)C2)CC1. The number of sulfonamides is 1. The quantitative estimate of drug-likeness (QED) is 0.568. The van der Waals surface area contributed by atoms with Crippen molar-refractivity contribution in [3.05, 3.63) is 48.7 Å². The van der Waals surface area contributed by atoms with E-state index in [4.69, 9.17) is 0 Å². The first-order chi connectivity index (χ1) is 15.9. The van der Waals surface area contributed by atoms with Crippen molar-refractivity contribution in [3.8, 4) is 0 Å². The van der Waals surface area contributed by atoms with Crippen LogP contribution in [0.3, 0.4) is 0 Å². The summed E-state index contributed by atoms with van der Waals surface area (Å²) in [5.74, 6) is 1.17. The third-order valence-electron chi connectivity index (χ3n) is 7.23. The molecule has 0 aromatic carbocycles. The monoisotopic (exact) mass is 470 g/mol. The number of aliphatic hydroxyl groups is 1. The lowest BCUT2D eigenvalue weighted by molar-refractivity contribution is 0.0485. The van der Waals surface area contributed by atoms with E-state index < -0.39 is 15.6 Å². The average Bonchev–Trinajstić information content (AvgIpc) is 3.47. The van der Waals surface area contributed by atoms with Gasteiger partial charge in [-0.3, -0.25) is 4.98 Å². The fourth-order valence-electron chi connectivity index (χ4n) is 5.26. The Bertz CT molecular complexity index is 1210. The van der Waals surface area contributed by atoms with Gasteiger partial charge in [-0.05, 0) is 56.2 Å². The summed E-state index contributed by atoms with van der Waals surface area (Å²) < 4.78 is 27.7. The van der Waals surface area contributed by atoms with E-state index in [9.17, 15) is 13.5 Å². The summed E-state index contributed by atoms with van der Waals surface area (Å²) in [5, 5.41) is 12.0. The Morgan fingerprint density at radius 3 is 2.76 bits per heavy atom. The van der Waals surface area contributed by atoms with Crippen molar-refractivity contribution in [1.82, 2.24) is 24.2 Å². The minimum Gasteiger partial charge on any atom is -0.382 e. The number of rotatable bonds is 6. The predicted octanol–water partition coefficient (Wildman–Crippen LogP) is 2.27. The molecule has 2 fully saturated rings. The molecule has 10 heteroatoms. The fourth-order valence-corrected chi connectivity index (χ4v) is 7.18. The molecule has 1 atom stereocenters. The number of aromatic nitrogens is 4. The Kier molecular flexibility index (Phi) is 5.84. The number of pyridine rings is 1. The van der Waals surface area contributed by atoms with Crippen LogP contribution in [0.5, 0.6) is 0 Å². The second-order valence-electron chi connectivity index (χ2n) is 9.33. The molecule has 3 aromatic rings. The van der Waals surface area contributed by atoms with E-state index in [1.165, 1.54) is 4.31 Å². The molecule has 0 spiro atoms. The summed E-state index contributed by atoms with van der Waals surface area (Å²) in [4.78, 5) is 18.3. The zero-order chi connectivity index (χ0) is 23.1. The van der Waals surface area contributed by atoms with Crippen molar-refractivity contribution in [3.63, 3.8) is 0 Å². The second kappa shape index (κ2) is 8.66. The van der Waals surface area contributed by atoms with Crippen LogP contribution in [0.15, 0.2) is 43.0 Å². The summed E-state index contributed by atoms with van der Waals surface area (Å²) in [6.45, 7) is 0.401. The normalized spacial score (nSPS) is 26.6. The van der Waals surface area contributed by atoms with Gasteiger partial charge in [0.2, 0.25) is 10.0 Å². The number of aromatic amines is 1. The molecule has 0 bridgehead atoms. The molecule has 1 saturated heterocycles. The smallest absolute Gasteiger partial charge is 0.214 e. The molecule has 3 aromatic heterocycles. The Morgan fingerprint density at radius 1 is 1.18 bits per heavy atom. The van der Waals surface area contributed by atoms with E-state index in [1.807, 2.05) is 18.3 Å². The maximum Gasteiger partial charge on any atom is 0.214 e. The molecular formula is C23H30N6O3S. The van der Waals surface area contributed by atoms with Gasteiger partial charge in [0.1, 0.15) is 23.4 Å².